The van der Waals surface area contributed by atoms with E-state index in [4.69, 9.17) is 9.47 Å². The van der Waals surface area contributed by atoms with Gasteiger partial charge in [0, 0.05) is 36.7 Å². The molecule has 1 unspecified atom stereocenters. The lowest BCUT2D eigenvalue weighted by Gasteiger charge is -2.15. The van der Waals surface area contributed by atoms with Crippen LogP contribution in [0.3, 0.4) is 0 Å². The summed E-state index contributed by atoms with van der Waals surface area (Å²) in [5.41, 5.74) is 1.35. The molecule has 0 amide bonds. The first-order valence-corrected chi connectivity index (χ1v) is 8.07. The van der Waals surface area contributed by atoms with Crippen LogP contribution in [0.15, 0.2) is 28.7 Å². The van der Waals surface area contributed by atoms with E-state index >= 15 is 0 Å². The van der Waals surface area contributed by atoms with Crippen LogP contribution < -0.4 is 0 Å². The molecule has 0 fully saturated rings. The highest BCUT2D eigenvalue weighted by atomic mass is 79.9. The highest BCUT2D eigenvalue weighted by molar-refractivity contribution is 9.10. The molecular weight excluding hydrogens is 360 g/mol. The fraction of sp³-hybridized carbons (Fsp3) is 0.571. The molecule has 0 saturated heterocycles. The van der Waals surface area contributed by atoms with Gasteiger partial charge in [-0.05, 0) is 36.5 Å². The number of halogens is 2. The Labute approximate surface area is 126 Å². The zero-order valence-electron chi connectivity index (χ0n) is 10.7. The summed E-state index contributed by atoms with van der Waals surface area (Å²) in [7, 11) is 1.72. The van der Waals surface area contributed by atoms with E-state index in [9.17, 15) is 0 Å². The molecule has 1 aromatic carbocycles. The summed E-state index contributed by atoms with van der Waals surface area (Å²) in [6.45, 7) is 2.35. The standard InChI is InChI=1S/C14H20Br2O2/c1-17-7-3-8-18-9-6-13(11-15)12-4-2-5-14(16)10-12/h2,4-5,10,13H,3,6-9,11H2,1H3. The van der Waals surface area contributed by atoms with E-state index in [0.717, 1.165) is 42.5 Å². The third-order valence-electron chi connectivity index (χ3n) is 2.75. The van der Waals surface area contributed by atoms with Gasteiger partial charge in [-0.3, -0.25) is 0 Å². The minimum Gasteiger partial charge on any atom is -0.385 e. The molecule has 0 heterocycles. The molecule has 18 heavy (non-hydrogen) atoms. The van der Waals surface area contributed by atoms with Gasteiger partial charge in [-0.15, -0.1) is 0 Å². The maximum absolute atomic E-state index is 5.61. The molecule has 102 valence electrons. The minimum absolute atomic E-state index is 0.505. The number of ether oxygens (including phenoxy) is 2. The van der Waals surface area contributed by atoms with Gasteiger partial charge in [0.1, 0.15) is 0 Å². The Bertz CT molecular complexity index is 331. The first kappa shape index (κ1) is 16.2. The average Bonchev–Trinajstić information content (AvgIpc) is 2.38. The summed E-state index contributed by atoms with van der Waals surface area (Å²) in [5.74, 6) is 0.505. The van der Waals surface area contributed by atoms with E-state index in [2.05, 4.69) is 56.1 Å². The largest absolute Gasteiger partial charge is 0.385 e. The van der Waals surface area contributed by atoms with Crippen LogP contribution in [0, 0.1) is 0 Å². The topological polar surface area (TPSA) is 18.5 Å². The SMILES string of the molecule is COCCCOCCC(CBr)c1cccc(Br)c1. The van der Waals surface area contributed by atoms with Crippen molar-refractivity contribution >= 4 is 31.9 Å². The molecule has 0 aliphatic heterocycles. The Balaban J connectivity index is 2.29. The molecule has 0 radical (unpaired) electrons. The molecule has 1 aromatic rings. The third-order valence-corrected chi connectivity index (χ3v) is 4.03. The maximum atomic E-state index is 5.61. The van der Waals surface area contributed by atoms with E-state index in [1.54, 1.807) is 7.11 Å². The Morgan fingerprint density at radius 1 is 1.22 bits per heavy atom. The quantitative estimate of drug-likeness (QED) is 0.468. The van der Waals surface area contributed by atoms with Crippen LogP contribution in [-0.2, 0) is 9.47 Å². The van der Waals surface area contributed by atoms with Gasteiger partial charge >= 0.3 is 0 Å². The lowest BCUT2D eigenvalue weighted by molar-refractivity contribution is 0.0991. The predicted molar refractivity (Wildman–Crippen MR) is 82.6 cm³/mol. The van der Waals surface area contributed by atoms with Crippen molar-refractivity contribution in [2.24, 2.45) is 0 Å². The zero-order valence-corrected chi connectivity index (χ0v) is 13.9. The van der Waals surface area contributed by atoms with Gasteiger partial charge in [0.05, 0.1) is 0 Å². The second kappa shape index (κ2) is 9.96. The summed E-state index contributed by atoms with van der Waals surface area (Å²) >= 11 is 7.09. The van der Waals surface area contributed by atoms with Crippen molar-refractivity contribution in [3.8, 4) is 0 Å². The Morgan fingerprint density at radius 2 is 2.06 bits per heavy atom. The van der Waals surface area contributed by atoms with E-state index in [1.165, 1.54) is 5.56 Å². The number of hydrogen-bond donors (Lipinski definition) is 0. The number of benzene rings is 1. The molecule has 0 bridgehead atoms. The van der Waals surface area contributed by atoms with Gasteiger partial charge in [-0.2, -0.15) is 0 Å². The second-order valence-corrected chi connectivity index (χ2v) is 5.72. The van der Waals surface area contributed by atoms with Crippen LogP contribution in [0.2, 0.25) is 0 Å². The van der Waals surface area contributed by atoms with E-state index in [0.29, 0.717) is 5.92 Å². The normalized spacial score (nSPS) is 12.6. The molecule has 0 N–H and O–H groups in total. The number of alkyl halides is 1. The van der Waals surface area contributed by atoms with Crippen LogP contribution >= 0.6 is 31.9 Å². The molecule has 4 heteroatoms. The second-order valence-electron chi connectivity index (χ2n) is 4.15. The van der Waals surface area contributed by atoms with Gasteiger partial charge in [0.15, 0.2) is 0 Å². The molecule has 0 aliphatic carbocycles. The molecule has 0 saturated carbocycles. The Morgan fingerprint density at radius 3 is 2.72 bits per heavy atom. The van der Waals surface area contributed by atoms with Crippen LogP contribution in [0.4, 0.5) is 0 Å². The monoisotopic (exact) mass is 378 g/mol. The van der Waals surface area contributed by atoms with Gasteiger partial charge in [0.25, 0.3) is 0 Å². The molecule has 2 nitrogen and oxygen atoms in total. The van der Waals surface area contributed by atoms with Crippen LogP contribution in [-0.4, -0.2) is 32.3 Å². The van der Waals surface area contributed by atoms with Crippen molar-refractivity contribution < 1.29 is 9.47 Å². The van der Waals surface area contributed by atoms with Crippen molar-refractivity contribution in [1.82, 2.24) is 0 Å². The highest BCUT2D eigenvalue weighted by Gasteiger charge is 2.10. The van der Waals surface area contributed by atoms with Crippen molar-refractivity contribution in [3.63, 3.8) is 0 Å². The van der Waals surface area contributed by atoms with E-state index < -0.39 is 0 Å². The average molecular weight is 380 g/mol. The van der Waals surface area contributed by atoms with Gasteiger partial charge in [-0.25, -0.2) is 0 Å². The van der Waals surface area contributed by atoms with Gasteiger partial charge < -0.3 is 9.47 Å². The van der Waals surface area contributed by atoms with Crippen molar-refractivity contribution in [1.29, 1.82) is 0 Å². The van der Waals surface area contributed by atoms with Crippen LogP contribution in [0.5, 0.6) is 0 Å². The van der Waals surface area contributed by atoms with Crippen LogP contribution in [0.1, 0.15) is 24.3 Å². The van der Waals surface area contributed by atoms with Gasteiger partial charge in [-0.1, -0.05) is 44.0 Å². The van der Waals surface area contributed by atoms with Crippen molar-refractivity contribution in [2.75, 3.05) is 32.3 Å². The molecule has 0 spiro atoms. The van der Waals surface area contributed by atoms with E-state index in [1.807, 2.05) is 0 Å². The summed E-state index contributed by atoms with van der Waals surface area (Å²) in [6.07, 6.45) is 2.00. The molecular formula is C14H20Br2O2. The molecule has 1 rings (SSSR count). The molecule has 0 aromatic heterocycles. The fourth-order valence-corrected chi connectivity index (χ4v) is 2.84. The maximum Gasteiger partial charge on any atom is 0.0487 e. The summed E-state index contributed by atoms with van der Waals surface area (Å²) in [4.78, 5) is 0. The summed E-state index contributed by atoms with van der Waals surface area (Å²) in [6, 6.07) is 8.48. The highest BCUT2D eigenvalue weighted by Crippen LogP contribution is 2.24. The van der Waals surface area contributed by atoms with Crippen molar-refractivity contribution in [3.05, 3.63) is 34.3 Å². The zero-order chi connectivity index (χ0) is 13.2. The number of rotatable bonds is 9. The lowest BCUT2D eigenvalue weighted by Crippen LogP contribution is -2.07. The fourth-order valence-electron chi connectivity index (χ4n) is 1.73. The lowest BCUT2D eigenvalue weighted by atomic mass is 9.98. The first-order chi connectivity index (χ1) is 8.77. The number of methoxy groups -OCH3 is 1. The first-order valence-electron chi connectivity index (χ1n) is 6.16. The van der Waals surface area contributed by atoms with E-state index in [-0.39, 0.29) is 0 Å². The Kier molecular flexibility index (Phi) is 8.94. The van der Waals surface area contributed by atoms with Gasteiger partial charge in [0.2, 0.25) is 0 Å². The Hall–Kier alpha value is 0.1000. The van der Waals surface area contributed by atoms with Crippen molar-refractivity contribution in [2.45, 2.75) is 18.8 Å². The minimum atomic E-state index is 0.505. The summed E-state index contributed by atoms with van der Waals surface area (Å²) in [5, 5.41) is 0.963. The number of hydrogen-bond acceptors (Lipinski definition) is 2. The molecule has 0 aliphatic rings. The summed E-state index contributed by atoms with van der Waals surface area (Å²) < 4.78 is 11.7. The van der Waals surface area contributed by atoms with Crippen LogP contribution in [0.25, 0.3) is 0 Å². The third kappa shape index (κ3) is 6.32. The predicted octanol–water partition coefficient (Wildman–Crippen LogP) is 4.37. The molecule has 1 atom stereocenters. The smallest absolute Gasteiger partial charge is 0.0487 e.